The average molecular weight is 361 g/mol. The third kappa shape index (κ3) is 4.57. The molecule has 0 aliphatic carbocycles. The van der Waals surface area contributed by atoms with E-state index >= 15 is 0 Å². The topological polar surface area (TPSA) is 52.1 Å². The van der Waals surface area contributed by atoms with Gasteiger partial charge >= 0.3 is 0 Å². The van der Waals surface area contributed by atoms with Crippen molar-refractivity contribution >= 4 is 0 Å². The Bertz CT molecular complexity index is 673. The van der Waals surface area contributed by atoms with Gasteiger partial charge in [0, 0.05) is 27.7 Å². The standard InChI is InChI=1S/C22H36N2O2/c1-19(2,3)16-14-25-18(23-16)22(9,10)12-11-21(7,8)15-13-17(26-24-15)20(4,5)6/h13-14H,11-12H2,1-10H3. The molecule has 0 aromatic carbocycles. The zero-order valence-electron chi connectivity index (χ0n) is 18.3. The third-order valence-corrected chi connectivity index (χ3v) is 5.17. The lowest BCUT2D eigenvalue weighted by Crippen LogP contribution is -2.25. The third-order valence-electron chi connectivity index (χ3n) is 5.17. The predicted octanol–water partition coefficient (Wildman–Crippen LogP) is 6.29. The van der Waals surface area contributed by atoms with E-state index in [9.17, 15) is 0 Å². The van der Waals surface area contributed by atoms with Crippen LogP contribution < -0.4 is 0 Å². The first-order chi connectivity index (χ1) is 11.6. The van der Waals surface area contributed by atoms with Crippen LogP contribution in [-0.4, -0.2) is 10.1 Å². The summed E-state index contributed by atoms with van der Waals surface area (Å²) in [5, 5.41) is 4.35. The van der Waals surface area contributed by atoms with Crippen molar-refractivity contribution < 1.29 is 8.94 Å². The fourth-order valence-corrected chi connectivity index (χ4v) is 2.74. The van der Waals surface area contributed by atoms with E-state index in [-0.39, 0.29) is 21.7 Å². The summed E-state index contributed by atoms with van der Waals surface area (Å²) in [4.78, 5) is 4.76. The van der Waals surface area contributed by atoms with Crippen molar-refractivity contribution in [3.8, 4) is 0 Å². The van der Waals surface area contributed by atoms with Crippen LogP contribution in [0, 0.1) is 0 Å². The molecule has 0 aliphatic rings. The van der Waals surface area contributed by atoms with E-state index in [2.05, 4.69) is 80.5 Å². The predicted molar refractivity (Wildman–Crippen MR) is 106 cm³/mol. The number of hydrogen-bond donors (Lipinski definition) is 0. The van der Waals surface area contributed by atoms with Gasteiger partial charge in [0.2, 0.25) is 0 Å². The van der Waals surface area contributed by atoms with Crippen molar-refractivity contribution in [3.63, 3.8) is 0 Å². The lowest BCUT2D eigenvalue weighted by molar-refractivity contribution is 0.292. The van der Waals surface area contributed by atoms with Crippen LogP contribution in [-0.2, 0) is 21.7 Å². The summed E-state index contributed by atoms with van der Waals surface area (Å²) in [6.07, 6.45) is 3.74. The molecule has 2 aromatic heterocycles. The van der Waals surface area contributed by atoms with Gasteiger partial charge in [0.15, 0.2) is 5.89 Å². The summed E-state index contributed by atoms with van der Waals surface area (Å²) in [6, 6.07) is 2.11. The molecule has 2 rings (SSSR count). The van der Waals surface area contributed by atoms with Crippen molar-refractivity contribution in [2.45, 2.75) is 104 Å². The normalized spacial score (nSPS) is 14.1. The van der Waals surface area contributed by atoms with Crippen LogP contribution in [0.2, 0.25) is 0 Å². The lowest BCUT2D eigenvalue weighted by atomic mass is 9.77. The summed E-state index contributed by atoms with van der Waals surface area (Å²) < 4.78 is 11.4. The highest BCUT2D eigenvalue weighted by Crippen LogP contribution is 2.37. The molecule has 0 fully saturated rings. The monoisotopic (exact) mass is 360 g/mol. The van der Waals surface area contributed by atoms with Crippen LogP contribution in [0.1, 0.15) is 105 Å². The second kappa shape index (κ2) is 6.54. The van der Waals surface area contributed by atoms with Crippen molar-refractivity contribution in [2.24, 2.45) is 0 Å². The Morgan fingerprint density at radius 1 is 0.769 bits per heavy atom. The molecular formula is C22H36N2O2. The molecule has 146 valence electrons. The van der Waals surface area contributed by atoms with E-state index < -0.39 is 0 Å². The summed E-state index contributed by atoms with van der Waals surface area (Å²) in [5.41, 5.74) is 1.80. The molecule has 0 spiro atoms. The molecular weight excluding hydrogens is 324 g/mol. The van der Waals surface area contributed by atoms with Gasteiger partial charge in [-0.3, -0.25) is 0 Å². The molecule has 0 saturated heterocycles. The van der Waals surface area contributed by atoms with Gasteiger partial charge in [-0.15, -0.1) is 0 Å². The second-order valence-corrected chi connectivity index (χ2v) is 10.9. The number of aromatic nitrogens is 2. The minimum absolute atomic E-state index is 0.00116. The average Bonchev–Trinajstić information content (AvgIpc) is 3.13. The molecule has 0 radical (unpaired) electrons. The Hall–Kier alpha value is -1.58. The lowest BCUT2D eigenvalue weighted by Gasteiger charge is -2.28. The first kappa shape index (κ1) is 20.7. The minimum Gasteiger partial charge on any atom is -0.448 e. The van der Waals surface area contributed by atoms with E-state index in [4.69, 9.17) is 13.9 Å². The Morgan fingerprint density at radius 2 is 1.35 bits per heavy atom. The zero-order chi connectivity index (χ0) is 20.0. The molecule has 0 amide bonds. The van der Waals surface area contributed by atoms with Gasteiger partial charge in [-0.05, 0) is 12.8 Å². The molecule has 0 unspecified atom stereocenters. The van der Waals surface area contributed by atoms with E-state index in [1.54, 1.807) is 6.26 Å². The maximum absolute atomic E-state index is 5.83. The van der Waals surface area contributed by atoms with Crippen molar-refractivity contribution in [3.05, 3.63) is 35.4 Å². The Balaban J connectivity index is 2.12. The zero-order valence-corrected chi connectivity index (χ0v) is 18.3. The van der Waals surface area contributed by atoms with E-state index in [1.807, 2.05) is 0 Å². The highest BCUT2D eigenvalue weighted by molar-refractivity contribution is 5.20. The molecule has 0 aliphatic heterocycles. The summed E-state index contributed by atoms with van der Waals surface area (Å²) >= 11 is 0. The molecule has 0 bridgehead atoms. The van der Waals surface area contributed by atoms with Crippen LogP contribution in [0.25, 0.3) is 0 Å². The van der Waals surface area contributed by atoms with E-state index in [0.717, 1.165) is 35.9 Å². The molecule has 4 heteroatoms. The van der Waals surface area contributed by atoms with Gasteiger partial charge < -0.3 is 8.94 Å². The fourth-order valence-electron chi connectivity index (χ4n) is 2.74. The largest absolute Gasteiger partial charge is 0.448 e. The van der Waals surface area contributed by atoms with Gasteiger partial charge in [-0.2, -0.15) is 0 Å². The molecule has 0 N–H and O–H groups in total. The smallest absolute Gasteiger partial charge is 0.199 e. The Kier molecular flexibility index (Phi) is 5.22. The first-order valence-corrected chi connectivity index (χ1v) is 9.57. The minimum atomic E-state index is -0.128. The first-order valence-electron chi connectivity index (χ1n) is 9.57. The molecule has 26 heavy (non-hydrogen) atoms. The fraction of sp³-hybridized carbons (Fsp3) is 0.727. The molecule has 2 heterocycles. The number of oxazole rings is 1. The van der Waals surface area contributed by atoms with Gasteiger partial charge in [0.05, 0.1) is 11.4 Å². The van der Waals surface area contributed by atoms with Crippen molar-refractivity contribution in [2.75, 3.05) is 0 Å². The molecule has 0 atom stereocenters. The Labute approximate surface area is 158 Å². The van der Waals surface area contributed by atoms with Gasteiger partial charge in [-0.1, -0.05) is 74.4 Å². The van der Waals surface area contributed by atoms with Crippen LogP contribution in [0.15, 0.2) is 21.3 Å². The summed E-state index contributed by atoms with van der Waals surface area (Å²) in [5.74, 6) is 1.75. The SMILES string of the molecule is CC(C)(C)c1coc(C(C)(C)CCC(C)(C)c2cc(C(C)(C)C)on2)n1. The number of rotatable bonds is 5. The Morgan fingerprint density at radius 3 is 1.81 bits per heavy atom. The van der Waals surface area contributed by atoms with Gasteiger partial charge in [0.1, 0.15) is 12.0 Å². The summed E-state index contributed by atoms with van der Waals surface area (Å²) in [7, 11) is 0. The van der Waals surface area contributed by atoms with Crippen molar-refractivity contribution in [1.82, 2.24) is 10.1 Å². The van der Waals surface area contributed by atoms with Crippen LogP contribution >= 0.6 is 0 Å². The highest BCUT2D eigenvalue weighted by Gasteiger charge is 2.34. The maximum Gasteiger partial charge on any atom is 0.199 e. The van der Waals surface area contributed by atoms with Crippen LogP contribution in [0.5, 0.6) is 0 Å². The number of nitrogens with zero attached hydrogens (tertiary/aromatic N) is 2. The molecule has 2 aromatic rings. The van der Waals surface area contributed by atoms with Gasteiger partial charge in [0.25, 0.3) is 0 Å². The highest BCUT2D eigenvalue weighted by atomic mass is 16.5. The van der Waals surface area contributed by atoms with Crippen molar-refractivity contribution in [1.29, 1.82) is 0 Å². The van der Waals surface area contributed by atoms with E-state index in [1.165, 1.54) is 0 Å². The molecule has 4 nitrogen and oxygen atoms in total. The second-order valence-electron chi connectivity index (χ2n) is 10.9. The molecule has 0 saturated carbocycles. The maximum atomic E-state index is 5.83. The van der Waals surface area contributed by atoms with Gasteiger partial charge in [-0.25, -0.2) is 4.98 Å². The summed E-state index contributed by atoms with van der Waals surface area (Å²) in [6.45, 7) is 21.7. The van der Waals surface area contributed by atoms with E-state index in [0.29, 0.717) is 0 Å². The quantitative estimate of drug-likeness (QED) is 0.628. The van der Waals surface area contributed by atoms with Crippen LogP contribution in [0.3, 0.4) is 0 Å². The van der Waals surface area contributed by atoms with Crippen LogP contribution in [0.4, 0.5) is 0 Å². The number of hydrogen-bond acceptors (Lipinski definition) is 4.